The van der Waals surface area contributed by atoms with Crippen LogP contribution in [-0.2, 0) is 52.7 Å². The number of benzene rings is 1. The smallest absolute Gasteiger partial charge is 0.245 e. The molecule has 30 nitrogen and oxygen atoms in total. The van der Waals surface area contributed by atoms with Crippen molar-refractivity contribution in [2.45, 2.75) is 214 Å². The minimum Gasteiger partial charge on any atom is -0.394 e. The zero-order valence-electron chi connectivity index (χ0n) is 54.6. The summed E-state index contributed by atoms with van der Waals surface area (Å²) in [5.41, 5.74) is 10.1. The summed E-state index contributed by atoms with van der Waals surface area (Å²) in [6, 6.07) is -10.8. The number of carbonyl (C=O) groups is 11. The fraction of sp³-hybridized carbons (Fsp3) is 0.700. The van der Waals surface area contributed by atoms with Gasteiger partial charge in [0.15, 0.2) is 5.96 Å². The highest BCUT2D eigenvalue weighted by Crippen LogP contribution is 2.26. The van der Waals surface area contributed by atoms with E-state index in [1.165, 1.54) is 38.1 Å². The van der Waals surface area contributed by atoms with Gasteiger partial charge < -0.3 is 95.7 Å². The summed E-state index contributed by atoms with van der Waals surface area (Å²) in [5, 5.41) is 81.4. The summed E-state index contributed by atoms with van der Waals surface area (Å²) in [7, 11) is 0. The van der Waals surface area contributed by atoms with Crippen molar-refractivity contribution in [3.63, 3.8) is 0 Å². The van der Waals surface area contributed by atoms with Crippen LogP contribution in [0, 0.1) is 33.5 Å². The van der Waals surface area contributed by atoms with E-state index in [4.69, 9.17) is 16.9 Å². The Kier molecular flexibility index (Phi) is 31.2. The van der Waals surface area contributed by atoms with Gasteiger partial charge in [-0.2, -0.15) is 0 Å². The standard InChI is InChI=1S/C60H103N15O15/c1-15-31(4)41-54(88)72-42(32(5)78)53(87)65-27-40(79)66-38(28-76)51(85)70-39(29-77)52(86)73-43(33-20-17-16-18-21-33)44(74-50(84)37(26-60(12,13)14)68-47(81)34(61)24-58(6,7)8)55(89)75-45(46(80)30(2)3)56(90)69-36(25-59(9,10)11)49(83)67-35(48(82)71-41)22-19-23-64-57(62)63/h16-18,20-21,30-32,34-39,41-46,76-78,80H,15,19,22-29,61H2,1-14H3,(H,65,87)(H,66,79)(H,67,83)(H,68,81)(H,69,90)(H,70,85)(H,71,82)(H,72,88)(H,73,86)(H,74,84)(H,75,89)(H4,62,63,64)/t31-,32-,34+,35+,36-,37-,38-,39?,41-,42-,43+,44-,45-,46+/m0/s1. The van der Waals surface area contributed by atoms with Crippen LogP contribution in [0.5, 0.6) is 0 Å². The van der Waals surface area contributed by atoms with E-state index in [2.05, 4.69) is 63.8 Å². The number of nitrogens with one attached hydrogen (secondary N) is 13. The molecule has 1 unspecified atom stereocenters. The molecule has 0 aromatic heterocycles. The Hall–Kier alpha value is -7.54. The minimum atomic E-state index is -2.04. The van der Waals surface area contributed by atoms with Crippen molar-refractivity contribution in [1.29, 1.82) is 5.41 Å². The molecule has 0 saturated carbocycles. The molecule has 2 rings (SSSR count). The molecule has 508 valence electrons. The Morgan fingerprint density at radius 1 is 0.622 bits per heavy atom. The highest BCUT2D eigenvalue weighted by Gasteiger charge is 2.43. The number of nitrogens with two attached hydrogens (primary N) is 2. The van der Waals surface area contributed by atoms with E-state index < -0.39 is 197 Å². The Morgan fingerprint density at radius 2 is 1.12 bits per heavy atom. The lowest BCUT2D eigenvalue weighted by Gasteiger charge is -2.35. The van der Waals surface area contributed by atoms with Crippen molar-refractivity contribution in [2.24, 2.45) is 39.5 Å². The highest BCUT2D eigenvalue weighted by molar-refractivity contribution is 6.00. The second-order valence-corrected chi connectivity index (χ2v) is 27.0. The molecular weight excluding hydrogens is 1170 g/mol. The van der Waals surface area contributed by atoms with E-state index in [0.29, 0.717) is 0 Å². The molecule has 90 heavy (non-hydrogen) atoms. The Morgan fingerprint density at radius 3 is 1.64 bits per heavy atom. The van der Waals surface area contributed by atoms with Crippen LogP contribution >= 0.6 is 0 Å². The number of rotatable bonds is 19. The number of aliphatic hydroxyl groups excluding tert-OH is 4. The zero-order chi connectivity index (χ0) is 68.8. The van der Waals surface area contributed by atoms with E-state index in [0.717, 1.165) is 6.92 Å². The third-order valence-corrected chi connectivity index (χ3v) is 14.6. The molecule has 0 aliphatic carbocycles. The second kappa shape index (κ2) is 35.7. The molecule has 11 amide bonds. The molecule has 0 radical (unpaired) electrons. The molecule has 1 aromatic rings. The fourth-order valence-electron chi connectivity index (χ4n) is 9.56. The van der Waals surface area contributed by atoms with Crippen molar-refractivity contribution >= 4 is 70.9 Å². The Balaban J connectivity index is 3.12. The topological polar surface area (TPSA) is 489 Å². The van der Waals surface area contributed by atoms with Gasteiger partial charge in [-0.15, -0.1) is 0 Å². The van der Waals surface area contributed by atoms with Crippen LogP contribution in [0.25, 0.3) is 0 Å². The number of hydrogen-bond acceptors (Lipinski definition) is 17. The summed E-state index contributed by atoms with van der Waals surface area (Å²) in [6.07, 6.45) is -3.22. The van der Waals surface area contributed by atoms with Gasteiger partial charge in [-0.1, -0.05) is 127 Å². The first-order chi connectivity index (χ1) is 41.6. The van der Waals surface area contributed by atoms with E-state index in [1.54, 1.807) is 61.5 Å². The van der Waals surface area contributed by atoms with Crippen molar-refractivity contribution in [3.8, 4) is 0 Å². The van der Waals surface area contributed by atoms with Crippen molar-refractivity contribution in [2.75, 3.05) is 26.3 Å². The van der Waals surface area contributed by atoms with Crippen LogP contribution in [0.3, 0.4) is 0 Å². The molecule has 1 aliphatic rings. The lowest BCUT2D eigenvalue weighted by atomic mass is 9.86. The molecule has 1 aliphatic heterocycles. The van der Waals surface area contributed by atoms with Gasteiger partial charge >= 0.3 is 0 Å². The molecule has 0 bridgehead atoms. The first kappa shape index (κ1) is 78.6. The normalized spacial score (nSPS) is 24.8. The third-order valence-electron chi connectivity index (χ3n) is 14.6. The maximum Gasteiger partial charge on any atom is 0.245 e. The molecule has 21 N–H and O–H groups in total. The quantitative estimate of drug-likeness (QED) is 0.0366. The van der Waals surface area contributed by atoms with Gasteiger partial charge in [0.05, 0.1) is 44.1 Å². The van der Waals surface area contributed by atoms with Crippen molar-refractivity contribution in [1.82, 2.24) is 63.8 Å². The number of hydrogen-bond donors (Lipinski definition) is 19. The number of guanidine groups is 1. The van der Waals surface area contributed by atoms with Gasteiger partial charge in [0, 0.05) is 6.54 Å². The highest BCUT2D eigenvalue weighted by atomic mass is 16.3. The SMILES string of the molecule is CC[C@H](C)[C@@H]1NC(=O)[C@@H](CCCNC(=N)N)NC(=O)[C@H](CC(C)(C)C)NC(=O)[C@H]([C@H](O)C(C)C)NC(=O)[C@@H](NC(=O)[C@H](CC(C)(C)C)NC(=O)[C@H](N)CC(C)(C)C)[C@@H](c2ccccc2)NC(=O)C(CO)NC(=O)[C@H](CO)NC(=O)CNC(=O)[C@H]([C@H](C)O)NC1=O. The molecule has 1 heterocycles. The molecule has 30 heteroatoms. The van der Waals surface area contributed by atoms with Crippen LogP contribution < -0.4 is 75.3 Å². The van der Waals surface area contributed by atoms with Gasteiger partial charge in [0.2, 0.25) is 65.0 Å². The summed E-state index contributed by atoms with van der Waals surface area (Å²) >= 11 is 0. The van der Waals surface area contributed by atoms with Crippen LogP contribution in [0.2, 0.25) is 0 Å². The summed E-state index contributed by atoms with van der Waals surface area (Å²) in [6.45, 7) is 20.5. The summed E-state index contributed by atoms with van der Waals surface area (Å²) in [4.78, 5) is 158. The molecule has 1 aromatic carbocycles. The second-order valence-electron chi connectivity index (χ2n) is 27.0. The largest absolute Gasteiger partial charge is 0.394 e. The van der Waals surface area contributed by atoms with E-state index in [-0.39, 0.29) is 50.6 Å². The third kappa shape index (κ3) is 26.9. The molecule has 1 fully saturated rings. The predicted molar refractivity (Wildman–Crippen MR) is 333 cm³/mol. The summed E-state index contributed by atoms with van der Waals surface area (Å²) in [5.74, 6) is -13.5. The Labute approximate surface area is 527 Å². The van der Waals surface area contributed by atoms with E-state index >= 15 is 9.59 Å². The van der Waals surface area contributed by atoms with Gasteiger partial charge in [-0.3, -0.25) is 58.1 Å². The first-order valence-electron chi connectivity index (χ1n) is 30.4. The van der Waals surface area contributed by atoms with Crippen molar-refractivity contribution < 1.29 is 73.2 Å². The lowest BCUT2D eigenvalue weighted by Crippen LogP contribution is -2.65. The van der Waals surface area contributed by atoms with Crippen molar-refractivity contribution in [3.05, 3.63) is 35.9 Å². The van der Waals surface area contributed by atoms with Gasteiger partial charge in [-0.05, 0) is 72.7 Å². The number of carbonyl (C=O) groups excluding carboxylic acids is 11. The first-order valence-corrected chi connectivity index (χ1v) is 30.4. The maximum atomic E-state index is 15.5. The van der Waals surface area contributed by atoms with Gasteiger partial charge in [-0.25, -0.2) is 0 Å². The average Bonchev–Trinajstić information content (AvgIpc) is 0.958. The van der Waals surface area contributed by atoms with Gasteiger partial charge in [0.25, 0.3) is 0 Å². The lowest BCUT2D eigenvalue weighted by molar-refractivity contribution is -0.139. The average molecular weight is 1270 g/mol. The zero-order valence-corrected chi connectivity index (χ0v) is 54.6. The minimum absolute atomic E-state index is 0.0354. The van der Waals surface area contributed by atoms with Crippen LogP contribution in [-0.4, -0.2) is 190 Å². The molecular formula is C60H103N15O15. The molecule has 1 saturated heterocycles. The van der Waals surface area contributed by atoms with E-state index in [1.807, 2.05) is 20.8 Å². The maximum absolute atomic E-state index is 15.5. The Bertz CT molecular complexity index is 2620. The molecule has 0 spiro atoms. The number of aliphatic hydroxyl groups is 4. The van der Waals surface area contributed by atoms with Crippen LogP contribution in [0.15, 0.2) is 30.3 Å². The number of amides is 11. The monoisotopic (exact) mass is 1270 g/mol. The van der Waals surface area contributed by atoms with Crippen LogP contribution in [0.1, 0.15) is 147 Å². The molecule has 14 atom stereocenters. The summed E-state index contributed by atoms with van der Waals surface area (Å²) < 4.78 is 0. The fourth-order valence-corrected chi connectivity index (χ4v) is 9.56. The van der Waals surface area contributed by atoms with Gasteiger partial charge in [0.1, 0.15) is 54.4 Å². The van der Waals surface area contributed by atoms with Crippen LogP contribution in [0.4, 0.5) is 0 Å². The predicted octanol–water partition coefficient (Wildman–Crippen LogP) is -3.34. The van der Waals surface area contributed by atoms with E-state index in [9.17, 15) is 63.6 Å².